The molecule has 1 amide bonds. The predicted molar refractivity (Wildman–Crippen MR) is 86.4 cm³/mol. The molecule has 21 heavy (non-hydrogen) atoms. The molecule has 1 aliphatic rings. The van der Waals surface area contributed by atoms with Crippen LogP contribution in [0.1, 0.15) is 18.5 Å². The van der Waals surface area contributed by atoms with Gasteiger partial charge >= 0.3 is 0 Å². The Morgan fingerprint density at radius 2 is 2.24 bits per heavy atom. The zero-order valence-electron chi connectivity index (χ0n) is 11.3. The van der Waals surface area contributed by atoms with Crippen molar-refractivity contribution in [1.29, 1.82) is 0 Å². The molecular weight excluding hydrogens is 308 g/mol. The zero-order valence-corrected chi connectivity index (χ0v) is 13.0. The van der Waals surface area contributed by atoms with Gasteiger partial charge in [0.1, 0.15) is 16.8 Å². The number of hydrogen-bond acceptors (Lipinski definition) is 6. The number of carbonyl (C=O) groups is 2. The Balaban J connectivity index is 1.95. The lowest BCUT2D eigenvalue weighted by Crippen LogP contribution is -2.17. The average Bonchev–Trinajstić information content (AvgIpc) is 2.85. The minimum atomic E-state index is -0.302. The quantitative estimate of drug-likeness (QED) is 0.785. The van der Waals surface area contributed by atoms with Gasteiger partial charge in [-0.15, -0.1) is 11.8 Å². The molecule has 1 atom stereocenters. The molecule has 8 heteroatoms. The Bertz CT molecular complexity index is 604. The molecule has 0 aliphatic carbocycles. The second-order valence-electron chi connectivity index (χ2n) is 4.46. The highest BCUT2D eigenvalue weighted by Gasteiger charge is 2.21. The van der Waals surface area contributed by atoms with Crippen LogP contribution in [0, 0.1) is 0 Å². The average molecular weight is 322 g/mol. The largest absolute Gasteiger partial charge is 0.325 e. The summed E-state index contributed by atoms with van der Waals surface area (Å²) in [7, 11) is 0. The Morgan fingerprint density at radius 1 is 1.43 bits per heavy atom. The summed E-state index contributed by atoms with van der Waals surface area (Å²) in [5.41, 5.74) is 4.17. The summed E-state index contributed by atoms with van der Waals surface area (Å²) in [5.74, 6) is 0.498. The van der Waals surface area contributed by atoms with Gasteiger partial charge in [0.25, 0.3) is 0 Å². The third-order valence-corrected chi connectivity index (χ3v) is 4.00. The van der Waals surface area contributed by atoms with Crippen LogP contribution in [0.3, 0.4) is 0 Å². The smallest absolute Gasteiger partial charge is 0.234 e. The maximum atomic E-state index is 11.8. The second kappa shape index (κ2) is 7.28. The predicted octanol–water partition coefficient (Wildman–Crippen LogP) is 2.29. The van der Waals surface area contributed by atoms with Gasteiger partial charge in [0.15, 0.2) is 0 Å². The highest BCUT2D eigenvalue weighted by molar-refractivity contribution is 8.00. The Morgan fingerprint density at radius 3 is 2.90 bits per heavy atom. The number of Topliss-reactive ketones (excluding diaryl/α,β-unsaturated/α-hetero) is 1. The topological polar surface area (TPSA) is 82.9 Å². The molecule has 0 saturated carbocycles. The van der Waals surface area contributed by atoms with Crippen molar-refractivity contribution in [3.8, 4) is 0 Å². The molecule has 0 radical (unpaired) electrons. The second-order valence-corrected chi connectivity index (χ2v) is 5.89. The van der Waals surface area contributed by atoms with Crippen molar-refractivity contribution >= 4 is 46.3 Å². The lowest BCUT2D eigenvalue weighted by Gasteiger charge is -2.09. The van der Waals surface area contributed by atoms with E-state index in [0.29, 0.717) is 16.4 Å². The third kappa shape index (κ3) is 4.61. The summed E-state index contributed by atoms with van der Waals surface area (Å²) in [6.07, 6.45) is 0. The fraction of sp³-hybridized carbons (Fsp3) is 0.308. The van der Waals surface area contributed by atoms with E-state index in [4.69, 9.17) is 12.2 Å². The van der Waals surface area contributed by atoms with Crippen molar-refractivity contribution in [2.24, 2.45) is 10.3 Å². The lowest BCUT2D eigenvalue weighted by molar-refractivity contribution is -0.114. The highest BCUT2D eigenvalue weighted by Crippen LogP contribution is 2.24. The van der Waals surface area contributed by atoms with E-state index in [9.17, 15) is 9.59 Å². The molecule has 0 saturated heterocycles. The van der Waals surface area contributed by atoms with E-state index >= 15 is 0 Å². The first-order valence-corrected chi connectivity index (χ1v) is 7.79. The number of hydrogen-bond donors (Lipinski definition) is 2. The molecule has 1 heterocycles. The maximum Gasteiger partial charge on any atom is 0.234 e. The van der Waals surface area contributed by atoms with E-state index in [0.717, 1.165) is 5.56 Å². The Hall–Kier alpha value is -1.80. The maximum absolute atomic E-state index is 11.8. The number of benzene rings is 1. The van der Waals surface area contributed by atoms with Crippen LogP contribution in [0.2, 0.25) is 0 Å². The molecule has 1 aromatic rings. The number of ketones is 1. The van der Waals surface area contributed by atoms with Gasteiger partial charge in [0, 0.05) is 5.69 Å². The van der Waals surface area contributed by atoms with Gasteiger partial charge < -0.3 is 5.32 Å². The van der Waals surface area contributed by atoms with Crippen LogP contribution in [-0.2, 0) is 9.59 Å². The first-order chi connectivity index (χ1) is 10.1. The van der Waals surface area contributed by atoms with Gasteiger partial charge in [0.2, 0.25) is 5.91 Å². The van der Waals surface area contributed by atoms with Crippen LogP contribution in [0.4, 0.5) is 5.69 Å². The molecule has 0 bridgehead atoms. The SMILES string of the molecule is CC(=O)CSCC(=O)Nc1cccc(C2N=NNC2=S)c1. The van der Waals surface area contributed by atoms with Crippen molar-refractivity contribution < 1.29 is 9.59 Å². The van der Waals surface area contributed by atoms with Gasteiger partial charge in [0.05, 0.1) is 11.5 Å². The monoisotopic (exact) mass is 322 g/mol. The van der Waals surface area contributed by atoms with E-state index in [1.807, 2.05) is 18.2 Å². The summed E-state index contributed by atoms with van der Waals surface area (Å²) in [6, 6.07) is 7.01. The molecule has 2 N–H and O–H groups in total. The zero-order chi connectivity index (χ0) is 15.2. The summed E-state index contributed by atoms with van der Waals surface area (Å²) < 4.78 is 0. The molecule has 0 aromatic heterocycles. The molecule has 6 nitrogen and oxygen atoms in total. The number of nitrogens with zero attached hydrogens (tertiary/aromatic N) is 2. The molecular formula is C13H14N4O2S2. The van der Waals surface area contributed by atoms with E-state index in [-0.39, 0.29) is 23.5 Å². The van der Waals surface area contributed by atoms with Crippen LogP contribution < -0.4 is 10.7 Å². The molecule has 1 aromatic carbocycles. The summed E-state index contributed by atoms with van der Waals surface area (Å²) in [4.78, 5) is 23.1. The normalized spacial score (nSPS) is 16.6. The van der Waals surface area contributed by atoms with Crippen molar-refractivity contribution in [3.63, 3.8) is 0 Å². The lowest BCUT2D eigenvalue weighted by atomic mass is 10.1. The van der Waals surface area contributed by atoms with Crippen LogP contribution in [0.15, 0.2) is 34.6 Å². The molecule has 0 spiro atoms. The van der Waals surface area contributed by atoms with Crippen LogP contribution >= 0.6 is 24.0 Å². The van der Waals surface area contributed by atoms with E-state index in [2.05, 4.69) is 21.1 Å². The number of anilines is 1. The first-order valence-electron chi connectivity index (χ1n) is 6.23. The summed E-state index contributed by atoms with van der Waals surface area (Å²) in [5, 5.41) is 10.5. The molecule has 2 rings (SSSR count). The number of thioether (sulfide) groups is 1. The number of nitrogens with one attached hydrogen (secondary N) is 2. The fourth-order valence-corrected chi connectivity index (χ4v) is 2.61. The van der Waals surface area contributed by atoms with Gasteiger partial charge in [-0.2, -0.15) is 5.11 Å². The molecule has 110 valence electrons. The van der Waals surface area contributed by atoms with Crippen LogP contribution in [0.25, 0.3) is 0 Å². The molecule has 0 fully saturated rings. The standard InChI is InChI=1S/C13H14N4O2S2/c1-8(18)6-21-7-11(19)14-10-4-2-3-9(5-10)12-13(20)16-17-15-12/h2-5,12H,6-7H2,1H3,(H,14,19)(H,15,16,20). The van der Waals surface area contributed by atoms with Crippen LogP contribution in [0.5, 0.6) is 0 Å². The highest BCUT2D eigenvalue weighted by atomic mass is 32.2. The third-order valence-electron chi connectivity index (χ3n) is 2.61. The fourth-order valence-electron chi connectivity index (χ4n) is 1.74. The van der Waals surface area contributed by atoms with Crippen LogP contribution in [-0.4, -0.2) is 28.2 Å². The Kier molecular flexibility index (Phi) is 5.40. The minimum absolute atomic E-state index is 0.0578. The van der Waals surface area contributed by atoms with Gasteiger partial charge in [-0.25, -0.2) is 0 Å². The summed E-state index contributed by atoms with van der Waals surface area (Å²) in [6.45, 7) is 1.50. The number of rotatable bonds is 6. The minimum Gasteiger partial charge on any atom is -0.325 e. The van der Waals surface area contributed by atoms with Gasteiger partial charge in [-0.3, -0.25) is 15.0 Å². The summed E-state index contributed by atoms with van der Waals surface area (Å²) >= 11 is 6.41. The Labute approximate surface area is 131 Å². The molecule has 1 aliphatic heterocycles. The van der Waals surface area contributed by atoms with E-state index in [1.165, 1.54) is 18.7 Å². The molecule has 1 unspecified atom stereocenters. The van der Waals surface area contributed by atoms with Gasteiger partial charge in [-0.05, 0) is 24.6 Å². The number of thiocarbonyl (C=S) groups is 1. The number of amides is 1. The van der Waals surface area contributed by atoms with Gasteiger partial charge in [-0.1, -0.05) is 29.6 Å². The van der Waals surface area contributed by atoms with Crippen molar-refractivity contribution in [2.75, 3.05) is 16.8 Å². The van der Waals surface area contributed by atoms with Crippen molar-refractivity contribution in [2.45, 2.75) is 13.0 Å². The van der Waals surface area contributed by atoms with E-state index < -0.39 is 0 Å². The number of carbonyl (C=O) groups excluding carboxylic acids is 2. The first kappa shape index (κ1) is 15.6. The van der Waals surface area contributed by atoms with Crippen molar-refractivity contribution in [3.05, 3.63) is 29.8 Å². The van der Waals surface area contributed by atoms with E-state index in [1.54, 1.807) is 6.07 Å². The van der Waals surface area contributed by atoms with Crippen molar-refractivity contribution in [1.82, 2.24) is 5.43 Å².